The zero-order chi connectivity index (χ0) is 19.5. The molecule has 1 unspecified atom stereocenters. The topological polar surface area (TPSA) is 53.0 Å². The first-order valence-corrected chi connectivity index (χ1v) is 10.6. The van der Waals surface area contributed by atoms with Crippen molar-refractivity contribution in [3.05, 3.63) is 63.6 Å². The molecule has 2 aliphatic rings. The number of aromatic carboxylic acids is 1. The summed E-state index contributed by atoms with van der Waals surface area (Å²) < 4.78 is 7.19. The predicted molar refractivity (Wildman–Crippen MR) is 113 cm³/mol. The fourth-order valence-electron chi connectivity index (χ4n) is 4.09. The maximum Gasteiger partial charge on any atom is 0.335 e. The molecule has 4 rings (SSSR count). The Bertz CT molecular complexity index is 832. The van der Waals surface area contributed by atoms with Crippen LogP contribution in [-0.2, 0) is 11.2 Å². The molecular weight excluding hydrogens is 420 g/mol. The summed E-state index contributed by atoms with van der Waals surface area (Å²) in [4.78, 5) is 15.8. The Labute approximate surface area is 174 Å². The van der Waals surface area contributed by atoms with E-state index in [9.17, 15) is 4.79 Å². The summed E-state index contributed by atoms with van der Waals surface area (Å²) in [6.45, 7) is 5.78. The number of hydrogen-bond donors (Lipinski definition) is 1. The van der Waals surface area contributed by atoms with Crippen LogP contribution in [0.15, 0.2) is 46.9 Å². The van der Waals surface area contributed by atoms with Crippen molar-refractivity contribution in [3.63, 3.8) is 0 Å². The van der Waals surface area contributed by atoms with E-state index in [-0.39, 0.29) is 6.10 Å². The Kier molecular flexibility index (Phi) is 5.99. The van der Waals surface area contributed by atoms with Crippen molar-refractivity contribution in [3.8, 4) is 0 Å². The minimum atomic E-state index is -0.879. The van der Waals surface area contributed by atoms with Gasteiger partial charge in [0.2, 0.25) is 0 Å². The quantitative estimate of drug-likeness (QED) is 0.755. The van der Waals surface area contributed by atoms with Gasteiger partial charge in [-0.05, 0) is 60.4 Å². The Balaban J connectivity index is 1.29. The van der Waals surface area contributed by atoms with Gasteiger partial charge in [0.1, 0.15) is 0 Å². The van der Waals surface area contributed by atoms with Gasteiger partial charge in [0.15, 0.2) is 0 Å². The lowest BCUT2D eigenvalue weighted by molar-refractivity contribution is 0.0289. The van der Waals surface area contributed by atoms with Crippen molar-refractivity contribution < 1.29 is 14.6 Å². The molecule has 0 aromatic heterocycles. The molecule has 0 aliphatic carbocycles. The number of ether oxygens (including phenoxy) is 1. The lowest BCUT2D eigenvalue weighted by Gasteiger charge is -2.37. The Morgan fingerprint density at radius 2 is 1.86 bits per heavy atom. The second-order valence-electron chi connectivity index (χ2n) is 7.42. The van der Waals surface area contributed by atoms with E-state index in [2.05, 4.69) is 43.9 Å². The van der Waals surface area contributed by atoms with Gasteiger partial charge in [-0.3, -0.25) is 4.90 Å². The number of anilines is 1. The van der Waals surface area contributed by atoms with Crippen molar-refractivity contribution >= 4 is 27.6 Å². The summed E-state index contributed by atoms with van der Waals surface area (Å²) in [6.07, 6.45) is 2.20. The van der Waals surface area contributed by atoms with Crippen molar-refractivity contribution in [2.75, 3.05) is 44.2 Å². The third kappa shape index (κ3) is 4.40. The summed E-state index contributed by atoms with van der Waals surface area (Å²) >= 11 is 3.56. The largest absolute Gasteiger partial charge is 0.478 e. The van der Waals surface area contributed by atoms with Crippen LogP contribution in [0, 0.1) is 0 Å². The molecule has 2 aliphatic heterocycles. The molecule has 1 fully saturated rings. The minimum Gasteiger partial charge on any atom is -0.478 e. The first-order chi connectivity index (χ1) is 13.6. The summed E-state index contributed by atoms with van der Waals surface area (Å²) in [7, 11) is 0. The number of carboxylic acid groups (broad SMARTS) is 1. The fraction of sp³-hybridized carbons (Fsp3) is 0.409. The third-order valence-electron chi connectivity index (χ3n) is 5.70. The van der Waals surface area contributed by atoms with Gasteiger partial charge in [0.05, 0.1) is 18.3 Å². The molecular formula is C22H25BrN2O3. The van der Waals surface area contributed by atoms with Crippen LogP contribution in [0.4, 0.5) is 5.69 Å². The van der Waals surface area contributed by atoms with Crippen molar-refractivity contribution in [1.29, 1.82) is 0 Å². The Morgan fingerprint density at radius 3 is 2.57 bits per heavy atom. The molecule has 2 aromatic carbocycles. The van der Waals surface area contributed by atoms with Crippen molar-refractivity contribution in [2.24, 2.45) is 0 Å². The summed E-state index contributed by atoms with van der Waals surface area (Å²) in [5.74, 6) is -0.879. The molecule has 0 saturated carbocycles. The minimum absolute atomic E-state index is 0.193. The number of nitrogens with zero attached hydrogens (tertiary/aromatic N) is 2. The van der Waals surface area contributed by atoms with Gasteiger partial charge in [-0.25, -0.2) is 4.79 Å². The van der Waals surface area contributed by atoms with Crippen LogP contribution in [0.3, 0.4) is 0 Å². The van der Waals surface area contributed by atoms with Crippen LogP contribution >= 0.6 is 15.9 Å². The predicted octanol–water partition coefficient (Wildman–Crippen LogP) is 3.97. The lowest BCUT2D eigenvalue weighted by Crippen LogP contribution is -2.47. The summed E-state index contributed by atoms with van der Waals surface area (Å²) in [5.41, 5.74) is 4.17. The second kappa shape index (κ2) is 8.64. The normalized spacial score (nSPS) is 20.0. The highest BCUT2D eigenvalue weighted by atomic mass is 79.9. The van der Waals surface area contributed by atoms with Gasteiger partial charge in [-0.2, -0.15) is 0 Å². The standard InChI is InChI=1S/C22H25BrN2O3/c23-18-3-6-20-17(15-18)8-14-28-21(20)7-9-24-10-12-25(13-11-24)19-4-1-16(2-5-19)22(26)27/h1-6,15,21H,7-14H2,(H,26,27). The first kappa shape index (κ1) is 19.4. The van der Waals surface area contributed by atoms with Crippen molar-refractivity contribution in [1.82, 2.24) is 4.90 Å². The molecule has 0 amide bonds. The van der Waals surface area contributed by atoms with Crippen LogP contribution in [0.5, 0.6) is 0 Å². The number of halogens is 1. The third-order valence-corrected chi connectivity index (χ3v) is 6.19. The Hall–Kier alpha value is -1.89. The van der Waals surface area contributed by atoms with E-state index in [1.807, 2.05) is 12.1 Å². The van der Waals surface area contributed by atoms with E-state index in [4.69, 9.17) is 9.84 Å². The summed E-state index contributed by atoms with van der Waals surface area (Å²) in [5, 5.41) is 9.03. The van der Waals surface area contributed by atoms with Crippen LogP contribution in [0.1, 0.15) is 34.0 Å². The van der Waals surface area contributed by atoms with Gasteiger partial charge in [0.25, 0.3) is 0 Å². The smallest absolute Gasteiger partial charge is 0.335 e. The van der Waals surface area contributed by atoms with E-state index in [1.165, 1.54) is 11.1 Å². The van der Waals surface area contributed by atoms with Crippen molar-refractivity contribution in [2.45, 2.75) is 18.9 Å². The highest BCUT2D eigenvalue weighted by Gasteiger charge is 2.23. The molecule has 0 bridgehead atoms. The maximum atomic E-state index is 11.0. The second-order valence-corrected chi connectivity index (χ2v) is 8.34. The highest BCUT2D eigenvalue weighted by Crippen LogP contribution is 2.31. The van der Waals surface area contributed by atoms with Gasteiger partial charge in [-0.1, -0.05) is 22.0 Å². The van der Waals surface area contributed by atoms with E-state index in [0.29, 0.717) is 5.56 Å². The van der Waals surface area contributed by atoms with E-state index < -0.39 is 5.97 Å². The number of fused-ring (bicyclic) bond motifs is 1. The molecule has 0 spiro atoms. The number of piperazine rings is 1. The van der Waals surface area contributed by atoms with E-state index in [1.54, 1.807) is 12.1 Å². The fourth-order valence-corrected chi connectivity index (χ4v) is 4.50. The molecule has 28 heavy (non-hydrogen) atoms. The number of carbonyl (C=O) groups is 1. The molecule has 6 heteroatoms. The molecule has 2 aromatic rings. The molecule has 0 radical (unpaired) electrons. The maximum absolute atomic E-state index is 11.0. The Morgan fingerprint density at radius 1 is 1.11 bits per heavy atom. The number of rotatable bonds is 5. The van der Waals surface area contributed by atoms with Crippen LogP contribution < -0.4 is 4.90 Å². The molecule has 5 nitrogen and oxygen atoms in total. The van der Waals surface area contributed by atoms with E-state index >= 15 is 0 Å². The van der Waals surface area contributed by atoms with Crippen LogP contribution in [0.25, 0.3) is 0 Å². The summed E-state index contributed by atoms with van der Waals surface area (Å²) in [6, 6.07) is 13.7. The first-order valence-electron chi connectivity index (χ1n) is 9.81. The molecule has 2 heterocycles. The molecule has 1 saturated heterocycles. The SMILES string of the molecule is O=C(O)c1ccc(N2CCN(CCC3OCCc4cc(Br)ccc43)CC2)cc1. The average Bonchev–Trinajstić information content (AvgIpc) is 2.72. The van der Waals surface area contributed by atoms with E-state index in [0.717, 1.165) is 62.3 Å². The zero-order valence-electron chi connectivity index (χ0n) is 15.8. The van der Waals surface area contributed by atoms with Gasteiger partial charge >= 0.3 is 5.97 Å². The van der Waals surface area contributed by atoms with Crippen LogP contribution in [-0.4, -0.2) is 55.3 Å². The molecule has 148 valence electrons. The number of benzene rings is 2. The zero-order valence-corrected chi connectivity index (χ0v) is 17.4. The average molecular weight is 445 g/mol. The monoisotopic (exact) mass is 444 g/mol. The van der Waals surface area contributed by atoms with Crippen LogP contribution in [0.2, 0.25) is 0 Å². The molecule has 1 atom stereocenters. The number of carboxylic acids is 1. The lowest BCUT2D eigenvalue weighted by atomic mass is 9.95. The van der Waals surface area contributed by atoms with Gasteiger partial charge < -0.3 is 14.7 Å². The highest BCUT2D eigenvalue weighted by molar-refractivity contribution is 9.10. The van der Waals surface area contributed by atoms with Gasteiger partial charge in [-0.15, -0.1) is 0 Å². The molecule has 1 N–H and O–H groups in total. The number of hydrogen-bond acceptors (Lipinski definition) is 4. The van der Waals surface area contributed by atoms with Gasteiger partial charge in [0, 0.05) is 42.9 Å².